The highest BCUT2D eigenvalue weighted by Gasteiger charge is 2.06. The van der Waals surface area contributed by atoms with E-state index in [0.717, 1.165) is 17.1 Å². The first-order valence-corrected chi connectivity index (χ1v) is 6.61. The number of methoxy groups -OCH3 is 1. The molecule has 2 rings (SSSR count). The van der Waals surface area contributed by atoms with Gasteiger partial charge in [-0.05, 0) is 24.6 Å². The van der Waals surface area contributed by atoms with Crippen molar-refractivity contribution in [2.24, 2.45) is 0 Å². The standard InChI is InChI=1S/C14H16ClN3O2/c1-3-20-13-6-10(4-5-12(13)19-2)7-17-14-11(15)8-16-9-18-14/h4-6,8-9H,3,7H2,1-2H3,(H,16,17,18). The number of anilines is 1. The van der Waals surface area contributed by atoms with Gasteiger partial charge in [-0.1, -0.05) is 17.7 Å². The Morgan fingerprint density at radius 2 is 2.15 bits per heavy atom. The third-order valence-corrected chi connectivity index (χ3v) is 2.93. The van der Waals surface area contributed by atoms with Crippen LogP contribution in [0.2, 0.25) is 5.02 Å². The molecule has 2 aromatic rings. The second-order valence-electron chi connectivity index (χ2n) is 3.99. The van der Waals surface area contributed by atoms with Crippen LogP contribution in [0.25, 0.3) is 0 Å². The van der Waals surface area contributed by atoms with Crippen LogP contribution in [0.4, 0.5) is 5.82 Å². The molecule has 0 atom stereocenters. The third-order valence-electron chi connectivity index (χ3n) is 2.66. The van der Waals surface area contributed by atoms with E-state index in [1.165, 1.54) is 6.33 Å². The second-order valence-corrected chi connectivity index (χ2v) is 4.40. The molecule has 0 saturated carbocycles. The van der Waals surface area contributed by atoms with Crippen molar-refractivity contribution in [3.63, 3.8) is 0 Å². The van der Waals surface area contributed by atoms with Gasteiger partial charge in [0.05, 0.1) is 19.9 Å². The number of nitrogens with one attached hydrogen (secondary N) is 1. The molecule has 6 heteroatoms. The van der Waals surface area contributed by atoms with Crippen LogP contribution < -0.4 is 14.8 Å². The van der Waals surface area contributed by atoms with Crippen LogP contribution in [-0.4, -0.2) is 23.7 Å². The molecule has 0 amide bonds. The van der Waals surface area contributed by atoms with Gasteiger partial charge in [0, 0.05) is 6.54 Å². The average molecular weight is 294 g/mol. The number of halogens is 1. The lowest BCUT2D eigenvalue weighted by Gasteiger charge is -2.12. The van der Waals surface area contributed by atoms with Gasteiger partial charge in [-0.3, -0.25) is 0 Å². The van der Waals surface area contributed by atoms with Crippen LogP contribution in [0.1, 0.15) is 12.5 Å². The second kappa shape index (κ2) is 6.96. The SMILES string of the molecule is CCOc1cc(CNc2ncncc2Cl)ccc1OC. The van der Waals surface area contributed by atoms with E-state index >= 15 is 0 Å². The summed E-state index contributed by atoms with van der Waals surface area (Å²) in [5.41, 5.74) is 1.05. The molecule has 1 N–H and O–H groups in total. The summed E-state index contributed by atoms with van der Waals surface area (Å²) in [6, 6.07) is 5.78. The first-order chi connectivity index (χ1) is 9.74. The van der Waals surface area contributed by atoms with Crippen molar-refractivity contribution < 1.29 is 9.47 Å². The molecule has 0 unspecified atom stereocenters. The molecule has 0 fully saturated rings. The summed E-state index contributed by atoms with van der Waals surface area (Å²) >= 11 is 5.99. The van der Waals surface area contributed by atoms with E-state index in [-0.39, 0.29) is 0 Å². The minimum absolute atomic E-state index is 0.492. The van der Waals surface area contributed by atoms with Crippen molar-refractivity contribution in [2.75, 3.05) is 19.0 Å². The fourth-order valence-corrected chi connectivity index (χ4v) is 1.90. The third kappa shape index (κ3) is 3.51. The summed E-state index contributed by atoms with van der Waals surface area (Å²) in [6.45, 7) is 3.11. The molecule has 0 aliphatic rings. The topological polar surface area (TPSA) is 56.3 Å². The highest BCUT2D eigenvalue weighted by Crippen LogP contribution is 2.28. The average Bonchev–Trinajstić information content (AvgIpc) is 2.47. The Balaban J connectivity index is 2.10. The lowest BCUT2D eigenvalue weighted by atomic mass is 10.2. The van der Waals surface area contributed by atoms with Gasteiger partial charge in [0.25, 0.3) is 0 Å². The molecule has 0 spiro atoms. The predicted octanol–water partition coefficient (Wildman–Crippen LogP) is 3.15. The number of rotatable bonds is 6. The first-order valence-electron chi connectivity index (χ1n) is 6.23. The van der Waals surface area contributed by atoms with Crippen LogP contribution in [0.5, 0.6) is 11.5 Å². The molecule has 5 nitrogen and oxygen atoms in total. The van der Waals surface area contributed by atoms with Gasteiger partial charge in [-0.2, -0.15) is 0 Å². The zero-order chi connectivity index (χ0) is 14.4. The molecular weight excluding hydrogens is 278 g/mol. The first kappa shape index (κ1) is 14.4. The molecule has 0 bridgehead atoms. The molecule has 0 aliphatic heterocycles. The quantitative estimate of drug-likeness (QED) is 0.886. The molecule has 0 saturated heterocycles. The Hall–Kier alpha value is -2.01. The highest BCUT2D eigenvalue weighted by atomic mass is 35.5. The molecule has 1 aromatic carbocycles. The number of benzene rings is 1. The van der Waals surface area contributed by atoms with E-state index in [0.29, 0.717) is 24.0 Å². The monoisotopic (exact) mass is 293 g/mol. The van der Waals surface area contributed by atoms with Crippen LogP contribution in [0.3, 0.4) is 0 Å². The van der Waals surface area contributed by atoms with Crippen LogP contribution >= 0.6 is 11.6 Å². The largest absolute Gasteiger partial charge is 0.493 e. The van der Waals surface area contributed by atoms with Crippen molar-refractivity contribution >= 4 is 17.4 Å². The van der Waals surface area contributed by atoms with E-state index in [2.05, 4.69) is 15.3 Å². The van der Waals surface area contributed by atoms with Gasteiger partial charge in [0.2, 0.25) is 0 Å². The summed E-state index contributed by atoms with van der Waals surface area (Å²) in [7, 11) is 1.62. The molecular formula is C14H16ClN3O2. The summed E-state index contributed by atoms with van der Waals surface area (Å²) in [5, 5.41) is 3.65. The van der Waals surface area contributed by atoms with Crippen molar-refractivity contribution in [1.82, 2.24) is 9.97 Å². The molecule has 106 valence electrons. The highest BCUT2D eigenvalue weighted by molar-refractivity contribution is 6.32. The van der Waals surface area contributed by atoms with Crippen molar-refractivity contribution in [2.45, 2.75) is 13.5 Å². The number of hydrogen-bond acceptors (Lipinski definition) is 5. The van der Waals surface area contributed by atoms with Gasteiger partial charge < -0.3 is 14.8 Å². The summed E-state index contributed by atoms with van der Waals surface area (Å²) in [4.78, 5) is 7.92. The van der Waals surface area contributed by atoms with Crippen molar-refractivity contribution in [3.8, 4) is 11.5 Å². The Bertz CT molecular complexity index is 578. The minimum atomic E-state index is 0.492. The van der Waals surface area contributed by atoms with Crippen molar-refractivity contribution in [3.05, 3.63) is 41.3 Å². The maximum atomic E-state index is 5.99. The van der Waals surface area contributed by atoms with E-state index in [1.807, 2.05) is 25.1 Å². The lowest BCUT2D eigenvalue weighted by molar-refractivity contribution is 0.310. The maximum absolute atomic E-state index is 5.99. The minimum Gasteiger partial charge on any atom is -0.493 e. The Kier molecular flexibility index (Phi) is 5.01. The Labute approximate surface area is 122 Å². The maximum Gasteiger partial charge on any atom is 0.161 e. The van der Waals surface area contributed by atoms with Crippen LogP contribution in [0, 0.1) is 0 Å². The molecule has 0 radical (unpaired) electrons. The van der Waals surface area contributed by atoms with Crippen LogP contribution in [-0.2, 0) is 6.54 Å². The zero-order valence-electron chi connectivity index (χ0n) is 11.4. The predicted molar refractivity (Wildman–Crippen MR) is 78.5 cm³/mol. The lowest BCUT2D eigenvalue weighted by Crippen LogP contribution is -2.03. The van der Waals surface area contributed by atoms with Crippen molar-refractivity contribution in [1.29, 1.82) is 0 Å². The van der Waals surface area contributed by atoms with E-state index in [4.69, 9.17) is 21.1 Å². The molecule has 1 aromatic heterocycles. The summed E-state index contributed by atoms with van der Waals surface area (Å²) < 4.78 is 10.8. The van der Waals surface area contributed by atoms with Crippen LogP contribution in [0.15, 0.2) is 30.7 Å². The van der Waals surface area contributed by atoms with Gasteiger partial charge >= 0.3 is 0 Å². The smallest absolute Gasteiger partial charge is 0.161 e. The normalized spacial score (nSPS) is 10.2. The van der Waals surface area contributed by atoms with E-state index < -0.39 is 0 Å². The van der Waals surface area contributed by atoms with Gasteiger partial charge in [-0.15, -0.1) is 0 Å². The molecule has 20 heavy (non-hydrogen) atoms. The number of ether oxygens (including phenoxy) is 2. The summed E-state index contributed by atoms with van der Waals surface area (Å²) in [5.74, 6) is 2.05. The molecule has 0 aliphatic carbocycles. The van der Waals surface area contributed by atoms with Gasteiger partial charge in [-0.25, -0.2) is 9.97 Å². The van der Waals surface area contributed by atoms with E-state index in [9.17, 15) is 0 Å². The van der Waals surface area contributed by atoms with E-state index in [1.54, 1.807) is 13.3 Å². The number of hydrogen-bond donors (Lipinski definition) is 1. The van der Waals surface area contributed by atoms with Gasteiger partial charge in [0.15, 0.2) is 11.5 Å². The number of aromatic nitrogens is 2. The summed E-state index contributed by atoms with van der Waals surface area (Å²) in [6.07, 6.45) is 3.00. The van der Waals surface area contributed by atoms with Gasteiger partial charge in [0.1, 0.15) is 17.2 Å². The fourth-order valence-electron chi connectivity index (χ4n) is 1.73. The Morgan fingerprint density at radius 1 is 1.30 bits per heavy atom. The Morgan fingerprint density at radius 3 is 2.85 bits per heavy atom. The zero-order valence-corrected chi connectivity index (χ0v) is 12.1. The number of nitrogens with zero attached hydrogens (tertiary/aromatic N) is 2. The fraction of sp³-hybridized carbons (Fsp3) is 0.286. The molecule has 1 heterocycles.